The fourth-order valence-electron chi connectivity index (χ4n) is 3.20. The van der Waals surface area contributed by atoms with E-state index in [4.69, 9.17) is 16.7 Å². The maximum Gasteiger partial charge on any atom is 0.228 e. The number of rotatable bonds is 2. The number of amides is 1. The number of thioether (sulfide) groups is 1. The highest BCUT2D eigenvalue weighted by atomic mass is 32.2. The van der Waals surface area contributed by atoms with Crippen molar-refractivity contribution < 1.29 is 4.79 Å². The molecule has 7 heteroatoms. The van der Waals surface area contributed by atoms with Crippen LogP contribution in [0.3, 0.4) is 0 Å². The van der Waals surface area contributed by atoms with Gasteiger partial charge in [0.25, 0.3) is 0 Å². The summed E-state index contributed by atoms with van der Waals surface area (Å²) >= 11 is 1.18. The second-order valence-electron chi connectivity index (χ2n) is 4.97. The van der Waals surface area contributed by atoms with Crippen molar-refractivity contribution in [1.29, 1.82) is 10.5 Å². The third-order valence-corrected chi connectivity index (χ3v) is 4.86. The van der Waals surface area contributed by atoms with Crippen molar-refractivity contribution in [2.75, 3.05) is 5.75 Å². The summed E-state index contributed by atoms with van der Waals surface area (Å²) in [7, 11) is 0. The normalized spacial score (nSPS) is 24.1. The van der Waals surface area contributed by atoms with Crippen LogP contribution in [0.4, 0.5) is 0 Å². The van der Waals surface area contributed by atoms with Gasteiger partial charge in [0.2, 0.25) is 5.91 Å². The molecule has 1 saturated carbocycles. The molecule has 0 bridgehead atoms. The van der Waals surface area contributed by atoms with Crippen molar-refractivity contribution in [3.63, 3.8) is 0 Å². The Hall–Kier alpha value is -1.99. The molecule has 0 saturated heterocycles. The maximum absolute atomic E-state index is 11.9. The van der Waals surface area contributed by atoms with E-state index in [-0.39, 0.29) is 11.6 Å². The average Bonchev–Trinajstić information content (AvgIpc) is 2.85. The van der Waals surface area contributed by atoms with E-state index >= 15 is 0 Å². The van der Waals surface area contributed by atoms with Crippen LogP contribution >= 0.6 is 11.8 Å². The Kier molecular flexibility index (Phi) is 4.01. The molecule has 104 valence electrons. The lowest BCUT2D eigenvalue weighted by Gasteiger charge is -2.38. The lowest BCUT2D eigenvalue weighted by atomic mass is 9.67. The SMILES string of the molecule is N#CCSC1=NC(N)=C(C#N)C2(CCCC2)C1C(N)=O. The summed E-state index contributed by atoms with van der Waals surface area (Å²) in [4.78, 5) is 16.1. The number of carbonyl (C=O) groups is 1. The third kappa shape index (κ3) is 2.14. The van der Waals surface area contributed by atoms with Crippen molar-refractivity contribution in [3.05, 3.63) is 11.4 Å². The monoisotopic (exact) mass is 289 g/mol. The number of nitrogens with zero attached hydrogens (tertiary/aromatic N) is 3. The summed E-state index contributed by atoms with van der Waals surface area (Å²) < 4.78 is 0. The number of nitrogens with two attached hydrogens (primary N) is 2. The van der Waals surface area contributed by atoms with Gasteiger partial charge in [0.1, 0.15) is 5.82 Å². The summed E-state index contributed by atoms with van der Waals surface area (Å²) in [6, 6.07) is 4.12. The molecule has 2 rings (SSSR count). The van der Waals surface area contributed by atoms with Gasteiger partial charge in [0.15, 0.2) is 0 Å². The molecule has 1 spiro atoms. The first-order chi connectivity index (χ1) is 9.56. The van der Waals surface area contributed by atoms with Gasteiger partial charge >= 0.3 is 0 Å². The first-order valence-corrected chi connectivity index (χ1v) is 7.33. The quantitative estimate of drug-likeness (QED) is 0.783. The van der Waals surface area contributed by atoms with E-state index in [0.29, 0.717) is 23.5 Å². The molecule has 6 nitrogen and oxygen atoms in total. The minimum absolute atomic E-state index is 0.160. The number of carbonyl (C=O) groups excluding carboxylic acids is 1. The molecule has 1 fully saturated rings. The van der Waals surface area contributed by atoms with Gasteiger partial charge in [-0.1, -0.05) is 24.6 Å². The summed E-state index contributed by atoms with van der Waals surface area (Å²) in [6.45, 7) is 0. The van der Waals surface area contributed by atoms with Crippen LogP contribution in [0.2, 0.25) is 0 Å². The predicted octanol–water partition coefficient (Wildman–Crippen LogP) is 1.01. The first-order valence-electron chi connectivity index (χ1n) is 6.35. The molecule has 4 N–H and O–H groups in total. The van der Waals surface area contributed by atoms with Gasteiger partial charge in [-0.15, -0.1) is 0 Å². The summed E-state index contributed by atoms with van der Waals surface area (Å²) in [5.41, 5.74) is 11.2. The zero-order valence-electron chi connectivity index (χ0n) is 10.9. The van der Waals surface area contributed by atoms with Crippen LogP contribution in [-0.4, -0.2) is 16.7 Å². The summed E-state index contributed by atoms with van der Waals surface area (Å²) in [6.07, 6.45) is 3.27. The van der Waals surface area contributed by atoms with Gasteiger partial charge in [0.05, 0.1) is 34.4 Å². The van der Waals surface area contributed by atoms with E-state index in [1.165, 1.54) is 11.8 Å². The van der Waals surface area contributed by atoms with E-state index in [1.54, 1.807) is 0 Å². The standard InChI is InChI=1S/C13H15N5OS/c14-5-6-20-12-9(11(17)19)13(3-1-2-4-13)8(7-15)10(16)18-12/h9H,1-4,6,16H2,(H2,17,19). The summed E-state index contributed by atoms with van der Waals surface area (Å²) in [5, 5.41) is 18.6. The van der Waals surface area contributed by atoms with Crippen molar-refractivity contribution in [2.24, 2.45) is 27.8 Å². The van der Waals surface area contributed by atoms with Gasteiger partial charge in [-0.2, -0.15) is 10.5 Å². The van der Waals surface area contributed by atoms with Gasteiger partial charge in [-0.25, -0.2) is 4.99 Å². The van der Waals surface area contributed by atoms with Crippen molar-refractivity contribution in [3.8, 4) is 12.1 Å². The molecule has 2 aliphatic rings. The lowest BCUT2D eigenvalue weighted by molar-refractivity contribution is -0.122. The molecular formula is C13H15N5OS. The van der Waals surface area contributed by atoms with Crippen LogP contribution in [-0.2, 0) is 4.79 Å². The van der Waals surface area contributed by atoms with Gasteiger partial charge in [-0.3, -0.25) is 4.79 Å². The number of hydrogen-bond acceptors (Lipinski definition) is 6. The number of allylic oxidation sites excluding steroid dienone is 1. The number of primary amides is 1. The Labute approximate surface area is 121 Å². The Morgan fingerprint density at radius 1 is 1.45 bits per heavy atom. The molecule has 1 unspecified atom stereocenters. The van der Waals surface area contributed by atoms with Crippen LogP contribution in [0.1, 0.15) is 25.7 Å². The molecule has 1 amide bonds. The highest BCUT2D eigenvalue weighted by molar-refractivity contribution is 8.14. The van der Waals surface area contributed by atoms with E-state index in [0.717, 1.165) is 12.8 Å². The predicted molar refractivity (Wildman–Crippen MR) is 75.9 cm³/mol. The number of hydrogen-bond donors (Lipinski definition) is 2. The maximum atomic E-state index is 11.9. The second-order valence-corrected chi connectivity index (χ2v) is 5.96. The Morgan fingerprint density at radius 3 is 2.60 bits per heavy atom. The number of aliphatic imine (C=N–C) groups is 1. The van der Waals surface area contributed by atoms with E-state index in [9.17, 15) is 10.1 Å². The van der Waals surface area contributed by atoms with Gasteiger partial charge in [-0.05, 0) is 12.8 Å². The van der Waals surface area contributed by atoms with E-state index < -0.39 is 17.2 Å². The smallest absolute Gasteiger partial charge is 0.228 e. The van der Waals surface area contributed by atoms with Crippen LogP contribution in [0.15, 0.2) is 16.4 Å². The molecule has 20 heavy (non-hydrogen) atoms. The Morgan fingerprint density at radius 2 is 2.10 bits per heavy atom. The van der Waals surface area contributed by atoms with Gasteiger partial charge in [0, 0.05) is 5.41 Å². The minimum Gasteiger partial charge on any atom is -0.383 e. The van der Waals surface area contributed by atoms with Crippen molar-refractivity contribution >= 4 is 22.7 Å². The fraction of sp³-hybridized carbons (Fsp3) is 0.538. The average molecular weight is 289 g/mol. The topological polar surface area (TPSA) is 129 Å². The highest BCUT2D eigenvalue weighted by Crippen LogP contribution is 2.53. The molecule has 1 aliphatic carbocycles. The number of nitriles is 2. The van der Waals surface area contributed by atoms with E-state index in [1.807, 2.05) is 6.07 Å². The molecule has 0 aromatic heterocycles. The molecule has 1 aliphatic heterocycles. The molecular weight excluding hydrogens is 274 g/mol. The highest BCUT2D eigenvalue weighted by Gasteiger charge is 2.52. The molecule has 1 heterocycles. The zero-order valence-corrected chi connectivity index (χ0v) is 11.7. The molecule has 0 aromatic rings. The fourth-order valence-corrected chi connectivity index (χ4v) is 4.09. The minimum atomic E-state index is -0.648. The third-order valence-electron chi connectivity index (χ3n) is 3.96. The zero-order chi connectivity index (χ0) is 14.8. The second kappa shape index (κ2) is 5.56. The van der Waals surface area contributed by atoms with Crippen LogP contribution in [0, 0.1) is 34.0 Å². The Bertz CT molecular complexity index is 575. The van der Waals surface area contributed by atoms with Crippen molar-refractivity contribution in [2.45, 2.75) is 25.7 Å². The largest absolute Gasteiger partial charge is 0.383 e. The van der Waals surface area contributed by atoms with Crippen molar-refractivity contribution in [1.82, 2.24) is 0 Å². The molecule has 0 aromatic carbocycles. The first kappa shape index (κ1) is 14.4. The Balaban J connectivity index is 2.54. The van der Waals surface area contributed by atoms with Crippen LogP contribution < -0.4 is 11.5 Å². The van der Waals surface area contributed by atoms with Crippen LogP contribution in [0.5, 0.6) is 0 Å². The molecule has 1 atom stereocenters. The summed E-state index contributed by atoms with van der Waals surface area (Å²) in [5.74, 6) is -0.817. The lowest BCUT2D eigenvalue weighted by Crippen LogP contribution is -2.46. The molecule has 0 radical (unpaired) electrons. The van der Waals surface area contributed by atoms with Crippen LogP contribution in [0.25, 0.3) is 0 Å². The van der Waals surface area contributed by atoms with E-state index in [2.05, 4.69) is 11.1 Å². The van der Waals surface area contributed by atoms with Gasteiger partial charge < -0.3 is 11.5 Å².